The minimum atomic E-state index is -3.90. The van der Waals surface area contributed by atoms with Crippen LogP contribution in [0.2, 0.25) is 5.02 Å². The second-order valence-corrected chi connectivity index (χ2v) is 8.06. The first-order chi connectivity index (χ1) is 12.5. The van der Waals surface area contributed by atoms with Crippen molar-refractivity contribution >= 4 is 27.5 Å². The van der Waals surface area contributed by atoms with Gasteiger partial charge in [-0.2, -0.15) is 5.26 Å². The summed E-state index contributed by atoms with van der Waals surface area (Å²) in [5, 5.41) is 9.78. The van der Waals surface area contributed by atoms with Gasteiger partial charge in [0.25, 0.3) is 0 Å². The van der Waals surface area contributed by atoms with E-state index in [2.05, 4.69) is 6.92 Å². The molecule has 0 saturated carbocycles. The number of unbranched alkanes of at least 4 members (excludes halogenated alkanes) is 2. The molecule has 136 valence electrons. The van der Waals surface area contributed by atoms with Crippen molar-refractivity contribution in [1.29, 1.82) is 5.26 Å². The Bertz CT molecular complexity index is 913. The maximum atomic E-state index is 12.6. The van der Waals surface area contributed by atoms with Crippen LogP contribution in [0.25, 0.3) is 6.08 Å². The van der Waals surface area contributed by atoms with E-state index in [-0.39, 0.29) is 9.80 Å². The van der Waals surface area contributed by atoms with Crippen LogP contribution in [0.3, 0.4) is 0 Å². The lowest BCUT2D eigenvalue weighted by atomic mass is 10.2. The van der Waals surface area contributed by atoms with Gasteiger partial charge in [-0.25, -0.2) is 8.42 Å². The lowest BCUT2D eigenvalue weighted by molar-refractivity contribution is 0.306. The standard InChI is InChI=1S/C20H20ClNO3S/c1-2-3-4-12-25-18-7-5-6-16(13-18)14-20(15-22)26(23,24)19-10-8-17(21)9-11-19/h5-11,13-14H,2-4,12H2,1H3. The topological polar surface area (TPSA) is 67.2 Å². The largest absolute Gasteiger partial charge is 0.494 e. The minimum absolute atomic E-state index is 0.0293. The molecule has 26 heavy (non-hydrogen) atoms. The van der Waals surface area contributed by atoms with E-state index in [1.165, 1.54) is 30.3 Å². The van der Waals surface area contributed by atoms with Crippen LogP contribution in [0.1, 0.15) is 31.7 Å². The van der Waals surface area contributed by atoms with Gasteiger partial charge in [-0.15, -0.1) is 0 Å². The van der Waals surface area contributed by atoms with Gasteiger partial charge in [-0.1, -0.05) is 43.5 Å². The van der Waals surface area contributed by atoms with Gasteiger partial charge in [0.1, 0.15) is 16.7 Å². The number of nitriles is 1. The number of halogens is 1. The molecule has 0 aliphatic rings. The fourth-order valence-corrected chi connectivity index (χ4v) is 3.58. The highest BCUT2D eigenvalue weighted by Gasteiger charge is 2.20. The fraction of sp³-hybridized carbons (Fsp3) is 0.250. The monoisotopic (exact) mass is 389 g/mol. The highest BCUT2D eigenvalue weighted by atomic mass is 35.5. The first kappa shape index (κ1) is 20.0. The smallest absolute Gasteiger partial charge is 0.216 e. The number of allylic oxidation sites excluding steroid dienone is 1. The zero-order valence-corrected chi connectivity index (χ0v) is 16.1. The van der Waals surface area contributed by atoms with E-state index in [9.17, 15) is 13.7 Å². The number of hydrogen-bond donors (Lipinski definition) is 0. The van der Waals surface area contributed by atoms with E-state index in [1.807, 2.05) is 6.07 Å². The van der Waals surface area contributed by atoms with Crippen LogP contribution in [0.4, 0.5) is 0 Å². The van der Waals surface area contributed by atoms with E-state index in [4.69, 9.17) is 16.3 Å². The van der Waals surface area contributed by atoms with Crippen LogP contribution in [-0.4, -0.2) is 15.0 Å². The normalized spacial score (nSPS) is 11.8. The fourth-order valence-electron chi connectivity index (χ4n) is 2.30. The van der Waals surface area contributed by atoms with Crippen LogP contribution in [0, 0.1) is 11.3 Å². The third-order valence-electron chi connectivity index (χ3n) is 3.70. The SMILES string of the molecule is CCCCCOc1cccc(C=C(C#N)S(=O)(=O)c2ccc(Cl)cc2)c1. The zero-order chi connectivity index (χ0) is 19.0. The summed E-state index contributed by atoms with van der Waals surface area (Å²) in [5.41, 5.74) is 0.590. The molecule has 0 radical (unpaired) electrons. The molecule has 2 aromatic carbocycles. The van der Waals surface area contributed by atoms with Gasteiger partial charge in [-0.3, -0.25) is 0 Å². The summed E-state index contributed by atoms with van der Waals surface area (Å²) >= 11 is 5.80. The van der Waals surface area contributed by atoms with Crippen LogP contribution in [-0.2, 0) is 9.84 Å². The lowest BCUT2D eigenvalue weighted by Gasteiger charge is -2.07. The number of benzene rings is 2. The molecule has 0 spiro atoms. The van der Waals surface area contributed by atoms with Crippen molar-refractivity contribution in [2.24, 2.45) is 0 Å². The molecule has 2 rings (SSSR count). The summed E-state index contributed by atoms with van der Waals surface area (Å²) < 4.78 is 31.0. The summed E-state index contributed by atoms with van der Waals surface area (Å²) in [6, 6.07) is 14.5. The van der Waals surface area contributed by atoms with Crippen molar-refractivity contribution in [3.8, 4) is 11.8 Å². The molecule has 0 N–H and O–H groups in total. The maximum Gasteiger partial charge on any atom is 0.216 e. The minimum Gasteiger partial charge on any atom is -0.494 e. The Morgan fingerprint density at radius 1 is 1.19 bits per heavy atom. The van der Waals surface area contributed by atoms with Gasteiger partial charge in [0.15, 0.2) is 0 Å². The zero-order valence-electron chi connectivity index (χ0n) is 14.5. The summed E-state index contributed by atoms with van der Waals surface area (Å²) in [6.07, 6.45) is 4.52. The van der Waals surface area contributed by atoms with E-state index in [0.29, 0.717) is 22.9 Å². The van der Waals surface area contributed by atoms with Gasteiger partial charge in [0.2, 0.25) is 9.84 Å². The van der Waals surface area contributed by atoms with Crippen molar-refractivity contribution in [2.45, 2.75) is 31.1 Å². The van der Waals surface area contributed by atoms with Crippen LogP contribution >= 0.6 is 11.6 Å². The first-order valence-corrected chi connectivity index (χ1v) is 10.2. The van der Waals surface area contributed by atoms with Crippen molar-refractivity contribution < 1.29 is 13.2 Å². The maximum absolute atomic E-state index is 12.6. The van der Waals surface area contributed by atoms with Crippen LogP contribution < -0.4 is 4.74 Å². The summed E-state index contributed by atoms with van der Waals surface area (Å²) in [7, 11) is -3.90. The second kappa shape index (κ2) is 9.42. The molecule has 0 heterocycles. The lowest BCUT2D eigenvalue weighted by Crippen LogP contribution is -2.03. The van der Waals surface area contributed by atoms with Gasteiger partial charge in [0.05, 0.1) is 11.5 Å². The molecule has 4 nitrogen and oxygen atoms in total. The Balaban J connectivity index is 2.25. The Hall–Kier alpha value is -2.29. The Kier molecular flexibility index (Phi) is 7.26. The van der Waals surface area contributed by atoms with Gasteiger partial charge in [-0.05, 0) is 54.5 Å². The molecule has 0 aliphatic heterocycles. The number of rotatable bonds is 8. The van der Waals surface area contributed by atoms with Gasteiger partial charge < -0.3 is 4.74 Å². The Morgan fingerprint density at radius 2 is 1.92 bits per heavy atom. The summed E-state index contributed by atoms with van der Waals surface area (Å²) in [6.45, 7) is 2.73. The predicted molar refractivity (Wildman–Crippen MR) is 104 cm³/mol. The molecule has 2 aromatic rings. The third-order valence-corrected chi connectivity index (χ3v) is 5.63. The molecule has 0 atom stereocenters. The van der Waals surface area contributed by atoms with Crippen molar-refractivity contribution in [1.82, 2.24) is 0 Å². The summed E-state index contributed by atoms with van der Waals surface area (Å²) in [5.74, 6) is 0.649. The highest BCUT2D eigenvalue weighted by Crippen LogP contribution is 2.24. The van der Waals surface area contributed by atoms with E-state index < -0.39 is 9.84 Å². The van der Waals surface area contributed by atoms with Gasteiger partial charge >= 0.3 is 0 Å². The van der Waals surface area contributed by atoms with Crippen molar-refractivity contribution in [3.63, 3.8) is 0 Å². The molecule has 0 fully saturated rings. The Labute approximate surface area is 159 Å². The molecule has 0 bridgehead atoms. The third kappa shape index (κ3) is 5.35. The van der Waals surface area contributed by atoms with E-state index >= 15 is 0 Å². The average Bonchev–Trinajstić information content (AvgIpc) is 2.64. The quantitative estimate of drug-likeness (QED) is 0.457. The van der Waals surface area contributed by atoms with Crippen molar-refractivity contribution in [3.05, 3.63) is 64.0 Å². The number of nitrogens with zero attached hydrogens (tertiary/aromatic N) is 1. The molecule has 0 saturated heterocycles. The summed E-state index contributed by atoms with van der Waals surface area (Å²) in [4.78, 5) is -0.301. The molecule has 0 unspecified atom stereocenters. The predicted octanol–water partition coefficient (Wildman–Crippen LogP) is 5.25. The molecular formula is C20H20ClNO3S. The molecule has 0 amide bonds. The Morgan fingerprint density at radius 3 is 2.58 bits per heavy atom. The van der Waals surface area contributed by atoms with Gasteiger partial charge in [0, 0.05) is 5.02 Å². The average molecular weight is 390 g/mol. The molecular weight excluding hydrogens is 370 g/mol. The number of sulfone groups is 1. The molecule has 0 aliphatic carbocycles. The second-order valence-electron chi connectivity index (χ2n) is 5.71. The van der Waals surface area contributed by atoms with Crippen LogP contribution in [0.15, 0.2) is 58.3 Å². The highest BCUT2D eigenvalue weighted by molar-refractivity contribution is 7.95. The number of hydrogen-bond acceptors (Lipinski definition) is 4. The molecule has 0 aromatic heterocycles. The van der Waals surface area contributed by atoms with Crippen molar-refractivity contribution in [2.75, 3.05) is 6.61 Å². The molecule has 6 heteroatoms. The number of ether oxygens (including phenoxy) is 1. The van der Waals surface area contributed by atoms with E-state index in [1.54, 1.807) is 24.3 Å². The van der Waals surface area contributed by atoms with E-state index in [0.717, 1.165) is 19.3 Å². The first-order valence-electron chi connectivity index (χ1n) is 8.32. The van der Waals surface area contributed by atoms with Crippen LogP contribution in [0.5, 0.6) is 5.75 Å².